The van der Waals surface area contributed by atoms with E-state index in [4.69, 9.17) is 9.47 Å². The van der Waals surface area contributed by atoms with Crippen molar-refractivity contribution < 1.29 is 17.9 Å². The van der Waals surface area contributed by atoms with Gasteiger partial charge in [0.1, 0.15) is 17.8 Å². The first kappa shape index (κ1) is 19.8. The van der Waals surface area contributed by atoms with Crippen molar-refractivity contribution in [3.8, 4) is 17.4 Å². The number of nitrogens with one attached hydrogen (secondary N) is 1. The number of aromatic nitrogens is 4. The molecule has 0 radical (unpaired) electrons. The Kier molecular flexibility index (Phi) is 4.83. The maximum Gasteiger partial charge on any atom is 0.266 e. The maximum absolute atomic E-state index is 12.7. The molecule has 2 heterocycles. The lowest BCUT2D eigenvalue weighted by Crippen LogP contribution is -2.12. The van der Waals surface area contributed by atoms with Gasteiger partial charge in [-0.15, -0.1) is 10.2 Å². The van der Waals surface area contributed by atoms with Gasteiger partial charge in [0.15, 0.2) is 0 Å². The number of fused-ring (bicyclic) bond motifs is 3. The molecule has 1 N–H and O–H groups in total. The highest BCUT2D eigenvalue weighted by atomic mass is 32.2. The number of para-hydroxylation sites is 2. The summed E-state index contributed by atoms with van der Waals surface area (Å²) in [7, 11) is -2.29. The van der Waals surface area contributed by atoms with Crippen molar-refractivity contribution in [1.29, 1.82) is 0 Å². The van der Waals surface area contributed by atoms with Crippen LogP contribution < -0.4 is 14.2 Å². The molecule has 0 unspecified atom stereocenters. The molecule has 5 aromatic rings. The van der Waals surface area contributed by atoms with Crippen molar-refractivity contribution in [2.24, 2.45) is 0 Å². The lowest BCUT2D eigenvalue weighted by Gasteiger charge is -2.11. The molecule has 10 heteroatoms. The van der Waals surface area contributed by atoms with Gasteiger partial charge in [-0.1, -0.05) is 18.2 Å². The molecule has 0 amide bonds. The Balaban J connectivity index is 1.40. The van der Waals surface area contributed by atoms with Gasteiger partial charge in [-0.3, -0.25) is 9.12 Å². The first-order chi connectivity index (χ1) is 15.5. The Morgan fingerprint density at radius 1 is 0.938 bits per heavy atom. The Morgan fingerprint density at radius 2 is 1.75 bits per heavy atom. The number of hydrogen-bond donors (Lipinski definition) is 1. The molecule has 0 saturated heterocycles. The van der Waals surface area contributed by atoms with Crippen LogP contribution in [-0.4, -0.2) is 35.1 Å². The van der Waals surface area contributed by atoms with Gasteiger partial charge in [-0.05, 0) is 48.5 Å². The van der Waals surface area contributed by atoms with Gasteiger partial charge >= 0.3 is 0 Å². The number of nitrogens with zero attached hydrogens (tertiary/aromatic N) is 4. The topological polar surface area (TPSA) is 108 Å². The second-order valence-corrected chi connectivity index (χ2v) is 8.52. The van der Waals surface area contributed by atoms with Crippen molar-refractivity contribution in [3.63, 3.8) is 0 Å². The normalized spacial score (nSPS) is 11.5. The molecular formula is C22H17N5O4S. The SMILES string of the molecule is COc1cccc(S(=O)(=O)Nc2ccc(Oc3nc4ccccc4n4cnnc34)cc2)c1. The smallest absolute Gasteiger partial charge is 0.266 e. The molecule has 0 spiro atoms. The van der Waals surface area contributed by atoms with Gasteiger partial charge in [-0.2, -0.15) is 0 Å². The highest BCUT2D eigenvalue weighted by Crippen LogP contribution is 2.28. The van der Waals surface area contributed by atoms with Gasteiger partial charge in [0.25, 0.3) is 15.9 Å². The third kappa shape index (κ3) is 3.67. The molecule has 0 aliphatic rings. The Morgan fingerprint density at radius 3 is 2.56 bits per heavy atom. The predicted octanol–water partition coefficient (Wildman–Crippen LogP) is 3.88. The third-order valence-electron chi connectivity index (χ3n) is 4.77. The minimum Gasteiger partial charge on any atom is -0.497 e. The zero-order valence-corrected chi connectivity index (χ0v) is 17.7. The molecule has 5 rings (SSSR count). The Bertz CT molecular complexity index is 1530. The largest absolute Gasteiger partial charge is 0.497 e. The van der Waals surface area contributed by atoms with Gasteiger partial charge in [0, 0.05) is 11.8 Å². The van der Waals surface area contributed by atoms with E-state index < -0.39 is 10.0 Å². The average molecular weight is 447 g/mol. The number of sulfonamides is 1. The van der Waals surface area contributed by atoms with Crippen molar-refractivity contribution in [2.45, 2.75) is 4.90 Å². The van der Waals surface area contributed by atoms with Crippen LogP contribution in [0.1, 0.15) is 0 Å². The molecule has 3 aromatic carbocycles. The van der Waals surface area contributed by atoms with Crippen LogP contribution in [0.2, 0.25) is 0 Å². The number of methoxy groups -OCH3 is 1. The van der Waals surface area contributed by atoms with Crippen LogP contribution in [-0.2, 0) is 10.0 Å². The summed E-state index contributed by atoms with van der Waals surface area (Å²) in [6.45, 7) is 0. The number of benzene rings is 3. The second kappa shape index (κ2) is 7.82. The van der Waals surface area contributed by atoms with Crippen LogP contribution in [0.3, 0.4) is 0 Å². The minimum absolute atomic E-state index is 0.103. The number of ether oxygens (including phenoxy) is 2. The summed E-state index contributed by atoms with van der Waals surface area (Å²) in [5.74, 6) is 1.23. The summed E-state index contributed by atoms with van der Waals surface area (Å²) in [6.07, 6.45) is 1.60. The number of hydrogen-bond acceptors (Lipinski definition) is 7. The van der Waals surface area contributed by atoms with E-state index in [-0.39, 0.29) is 4.90 Å². The highest BCUT2D eigenvalue weighted by Gasteiger charge is 2.16. The Hall–Kier alpha value is -4.18. The van der Waals surface area contributed by atoms with Crippen molar-refractivity contribution in [1.82, 2.24) is 19.6 Å². The standard InChI is InChI=1S/C22H17N5O4S/c1-30-17-5-4-6-18(13-17)32(28,29)26-15-9-11-16(12-10-15)31-22-21-25-23-14-27(21)20-8-3-2-7-19(20)24-22/h2-14,26H,1H3. The third-order valence-corrected chi connectivity index (χ3v) is 6.15. The van der Waals surface area contributed by atoms with Gasteiger partial charge in [-0.25, -0.2) is 13.4 Å². The first-order valence-corrected chi connectivity index (χ1v) is 11.0. The summed E-state index contributed by atoms with van der Waals surface area (Å²) >= 11 is 0. The van der Waals surface area contributed by atoms with Gasteiger partial charge in [0.05, 0.1) is 23.0 Å². The van der Waals surface area contributed by atoms with E-state index >= 15 is 0 Å². The quantitative estimate of drug-likeness (QED) is 0.421. The summed E-state index contributed by atoms with van der Waals surface area (Å²) in [5, 5.41) is 8.06. The van der Waals surface area contributed by atoms with E-state index in [0.717, 1.165) is 11.0 Å². The average Bonchev–Trinajstić information content (AvgIpc) is 3.31. The van der Waals surface area contributed by atoms with Crippen LogP contribution in [0.4, 0.5) is 5.69 Å². The zero-order chi connectivity index (χ0) is 22.1. The van der Waals surface area contributed by atoms with Crippen LogP contribution in [0.15, 0.2) is 84.0 Å². The van der Waals surface area contributed by atoms with Crippen LogP contribution >= 0.6 is 0 Å². The molecule has 160 valence electrons. The van der Waals surface area contributed by atoms with E-state index in [0.29, 0.717) is 28.7 Å². The van der Waals surface area contributed by atoms with E-state index in [9.17, 15) is 8.42 Å². The fourth-order valence-electron chi connectivity index (χ4n) is 3.23. The fraction of sp³-hybridized carbons (Fsp3) is 0.0455. The minimum atomic E-state index is -3.77. The molecule has 0 bridgehead atoms. The van der Waals surface area contributed by atoms with Crippen molar-refractivity contribution in [2.75, 3.05) is 11.8 Å². The van der Waals surface area contributed by atoms with Crippen LogP contribution in [0.5, 0.6) is 17.4 Å². The predicted molar refractivity (Wildman–Crippen MR) is 119 cm³/mol. The first-order valence-electron chi connectivity index (χ1n) is 9.57. The van der Waals surface area contributed by atoms with E-state index in [1.165, 1.54) is 19.2 Å². The number of rotatable bonds is 6. The lowest BCUT2D eigenvalue weighted by atomic mass is 10.3. The molecule has 0 fully saturated rings. The molecule has 0 saturated carbocycles. The zero-order valence-electron chi connectivity index (χ0n) is 16.8. The summed E-state index contributed by atoms with van der Waals surface area (Å²) in [6, 6.07) is 20.3. The summed E-state index contributed by atoms with van der Waals surface area (Å²) in [5.41, 5.74) is 2.46. The van der Waals surface area contributed by atoms with Crippen molar-refractivity contribution >= 4 is 32.4 Å². The maximum atomic E-state index is 12.7. The Labute approximate surface area is 183 Å². The molecule has 9 nitrogen and oxygen atoms in total. The van der Waals surface area contributed by atoms with Crippen LogP contribution in [0, 0.1) is 0 Å². The van der Waals surface area contributed by atoms with Gasteiger partial charge in [0.2, 0.25) is 5.65 Å². The molecule has 2 aromatic heterocycles. The second-order valence-electron chi connectivity index (χ2n) is 6.84. The van der Waals surface area contributed by atoms with E-state index in [1.54, 1.807) is 47.1 Å². The molecular weight excluding hydrogens is 430 g/mol. The molecule has 0 aliphatic heterocycles. The summed E-state index contributed by atoms with van der Waals surface area (Å²) < 4.78 is 40.7. The van der Waals surface area contributed by atoms with Crippen LogP contribution in [0.25, 0.3) is 16.7 Å². The van der Waals surface area contributed by atoms with E-state index in [2.05, 4.69) is 19.9 Å². The summed E-state index contributed by atoms with van der Waals surface area (Å²) in [4.78, 5) is 4.64. The van der Waals surface area contributed by atoms with Gasteiger partial charge < -0.3 is 9.47 Å². The molecule has 32 heavy (non-hydrogen) atoms. The lowest BCUT2D eigenvalue weighted by molar-refractivity contribution is 0.413. The highest BCUT2D eigenvalue weighted by molar-refractivity contribution is 7.92. The van der Waals surface area contributed by atoms with E-state index in [1.807, 2.05) is 24.3 Å². The molecule has 0 atom stereocenters. The number of anilines is 1. The van der Waals surface area contributed by atoms with Crippen molar-refractivity contribution in [3.05, 3.63) is 79.1 Å². The molecule has 0 aliphatic carbocycles. The fourth-order valence-corrected chi connectivity index (χ4v) is 4.33. The monoisotopic (exact) mass is 447 g/mol.